The molecule has 0 radical (unpaired) electrons. The van der Waals surface area contributed by atoms with Crippen LogP contribution in [0.2, 0.25) is 0 Å². The zero-order valence-electron chi connectivity index (χ0n) is 16.0. The van der Waals surface area contributed by atoms with Crippen molar-refractivity contribution in [3.8, 4) is 0 Å². The molecule has 1 saturated heterocycles. The van der Waals surface area contributed by atoms with Crippen LogP contribution in [0, 0.1) is 6.92 Å². The van der Waals surface area contributed by atoms with Gasteiger partial charge in [-0.05, 0) is 26.2 Å². The minimum absolute atomic E-state index is 0.414. The summed E-state index contributed by atoms with van der Waals surface area (Å²) in [6.45, 7) is 6.98. The fraction of sp³-hybridized carbons (Fsp3) is 0.500. The van der Waals surface area contributed by atoms with Crippen LogP contribution < -0.4 is 4.90 Å². The van der Waals surface area contributed by atoms with Crippen molar-refractivity contribution in [2.45, 2.75) is 52.0 Å². The van der Waals surface area contributed by atoms with Gasteiger partial charge in [-0.1, -0.05) is 13.3 Å². The number of aromatic nitrogens is 5. The van der Waals surface area contributed by atoms with Crippen LogP contribution >= 0.6 is 11.3 Å². The van der Waals surface area contributed by atoms with E-state index < -0.39 is 0 Å². The average molecular weight is 383 g/mol. The summed E-state index contributed by atoms with van der Waals surface area (Å²) in [5.74, 6) is 3.50. The van der Waals surface area contributed by atoms with Gasteiger partial charge in [-0.25, -0.2) is 19.9 Å². The molecule has 3 aromatic heterocycles. The topological polar surface area (TPSA) is 59.7 Å². The van der Waals surface area contributed by atoms with Crippen LogP contribution in [-0.4, -0.2) is 37.6 Å². The van der Waals surface area contributed by atoms with Gasteiger partial charge in [0, 0.05) is 48.5 Å². The maximum atomic E-state index is 4.72. The molecular formula is C20H26N6S. The number of rotatable bonds is 6. The number of piperidine rings is 1. The summed E-state index contributed by atoms with van der Waals surface area (Å²) in [6.07, 6.45) is 8.41. The summed E-state index contributed by atoms with van der Waals surface area (Å²) in [6, 6.07) is 2.17. The zero-order valence-corrected chi connectivity index (χ0v) is 16.8. The number of thiazole rings is 1. The van der Waals surface area contributed by atoms with Crippen LogP contribution in [0.15, 0.2) is 29.4 Å². The van der Waals surface area contributed by atoms with E-state index in [-0.39, 0.29) is 0 Å². The van der Waals surface area contributed by atoms with Gasteiger partial charge < -0.3 is 9.47 Å². The van der Waals surface area contributed by atoms with Gasteiger partial charge in [0.15, 0.2) is 0 Å². The van der Waals surface area contributed by atoms with Crippen LogP contribution in [-0.2, 0) is 13.0 Å². The maximum Gasteiger partial charge on any atom is 0.132 e. The zero-order chi connectivity index (χ0) is 18.6. The summed E-state index contributed by atoms with van der Waals surface area (Å²) in [7, 11) is 0. The van der Waals surface area contributed by atoms with Crippen molar-refractivity contribution in [3.05, 3.63) is 52.4 Å². The molecule has 0 bridgehead atoms. The first-order valence-electron chi connectivity index (χ1n) is 9.70. The Bertz CT molecular complexity index is 872. The monoisotopic (exact) mass is 382 g/mol. The van der Waals surface area contributed by atoms with Gasteiger partial charge in [0.1, 0.15) is 17.5 Å². The molecule has 1 fully saturated rings. The molecule has 1 aliphatic rings. The summed E-state index contributed by atoms with van der Waals surface area (Å²) in [4.78, 5) is 20.8. The minimum Gasteiger partial charge on any atom is -0.356 e. The first-order chi connectivity index (χ1) is 13.2. The molecule has 142 valence electrons. The highest BCUT2D eigenvalue weighted by Gasteiger charge is 2.26. The first kappa shape index (κ1) is 18.1. The molecule has 4 rings (SSSR count). The lowest BCUT2D eigenvalue weighted by molar-refractivity contribution is 0.473. The summed E-state index contributed by atoms with van der Waals surface area (Å²) in [5.41, 5.74) is 4.13. The number of imidazole rings is 1. The summed E-state index contributed by atoms with van der Waals surface area (Å²) in [5, 5.41) is 2.11. The Hall–Kier alpha value is -2.28. The van der Waals surface area contributed by atoms with Gasteiger partial charge in [0.2, 0.25) is 0 Å². The normalized spacial score (nSPS) is 17.4. The molecular weight excluding hydrogens is 356 g/mol. The van der Waals surface area contributed by atoms with Crippen molar-refractivity contribution in [3.63, 3.8) is 0 Å². The molecule has 1 aliphatic heterocycles. The number of aryl methyl sites for hydroxylation is 2. The van der Waals surface area contributed by atoms with Crippen molar-refractivity contribution in [2.75, 3.05) is 18.0 Å². The van der Waals surface area contributed by atoms with Gasteiger partial charge in [-0.3, -0.25) is 0 Å². The molecule has 1 unspecified atom stereocenters. The van der Waals surface area contributed by atoms with Gasteiger partial charge >= 0.3 is 0 Å². The van der Waals surface area contributed by atoms with Crippen molar-refractivity contribution in [1.29, 1.82) is 0 Å². The van der Waals surface area contributed by atoms with Gasteiger partial charge in [-0.2, -0.15) is 0 Å². The second kappa shape index (κ2) is 8.17. The molecule has 0 N–H and O–H groups in total. The third-order valence-corrected chi connectivity index (χ3v) is 5.69. The van der Waals surface area contributed by atoms with Crippen LogP contribution in [0.4, 0.5) is 5.82 Å². The van der Waals surface area contributed by atoms with Gasteiger partial charge in [0.05, 0.1) is 17.7 Å². The van der Waals surface area contributed by atoms with E-state index in [1.807, 2.05) is 18.6 Å². The Balaban J connectivity index is 1.53. The van der Waals surface area contributed by atoms with Crippen molar-refractivity contribution in [2.24, 2.45) is 0 Å². The molecule has 7 heteroatoms. The first-order valence-corrected chi connectivity index (χ1v) is 10.6. The lowest BCUT2D eigenvalue weighted by Crippen LogP contribution is -2.36. The maximum absolute atomic E-state index is 4.72. The van der Waals surface area contributed by atoms with Crippen molar-refractivity contribution in [1.82, 2.24) is 24.5 Å². The molecule has 0 aliphatic carbocycles. The lowest BCUT2D eigenvalue weighted by Gasteiger charge is -2.33. The number of nitrogens with zero attached hydrogens (tertiary/aromatic N) is 6. The van der Waals surface area contributed by atoms with Gasteiger partial charge in [-0.15, -0.1) is 11.3 Å². The smallest absolute Gasteiger partial charge is 0.132 e. The number of hydrogen-bond donors (Lipinski definition) is 0. The van der Waals surface area contributed by atoms with E-state index in [0.29, 0.717) is 5.92 Å². The molecule has 0 saturated carbocycles. The molecule has 1 atom stereocenters. The molecule has 0 aromatic carbocycles. The SMILES string of the molecule is CCCc1cc(N2CCCC(c3nccn3Cc3cscn3)C2)nc(C)n1. The molecule has 3 aromatic rings. The van der Waals surface area contributed by atoms with Crippen LogP contribution in [0.25, 0.3) is 0 Å². The third-order valence-electron chi connectivity index (χ3n) is 5.06. The Morgan fingerprint density at radius 2 is 2.15 bits per heavy atom. The second-order valence-corrected chi connectivity index (χ2v) is 7.91. The third kappa shape index (κ3) is 4.18. The van der Waals surface area contributed by atoms with E-state index in [1.54, 1.807) is 11.3 Å². The van der Waals surface area contributed by atoms with E-state index >= 15 is 0 Å². The van der Waals surface area contributed by atoms with E-state index in [1.165, 1.54) is 0 Å². The van der Waals surface area contributed by atoms with Gasteiger partial charge in [0.25, 0.3) is 0 Å². The average Bonchev–Trinajstić information content (AvgIpc) is 3.34. The quantitative estimate of drug-likeness (QED) is 0.648. The van der Waals surface area contributed by atoms with Crippen molar-refractivity contribution < 1.29 is 0 Å². The Labute approximate surface area is 164 Å². The van der Waals surface area contributed by atoms with Crippen LogP contribution in [0.3, 0.4) is 0 Å². The molecule has 27 heavy (non-hydrogen) atoms. The Morgan fingerprint density at radius 1 is 1.22 bits per heavy atom. The standard InChI is InChI=1S/C20H26N6S/c1-3-5-17-10-19(24-15(2)23-17)25-8-4-6-16(11-25)20-21-7-9-26(20)12-18-13-27-14-22-18/h7,9-10,13-14,16H,3-6,8,11-12H2,1-2H3. The number of hydrogen-bond acceptors (Lipinski definition) is 6. The predicted molar refractivity (Wildman–Crippen MR) is 108 cm³/mol. The van der Waals surface area contributed by atoms with Crippen molar-refractivity contribution >= 4 is 17.2 Å². The predicted octanol–water partition coefficient (Wildman–Crippen LogP) is 3.82. The van der Waals surface area contributed by atoms with Crippen LogP contribution in [0.1, 0.15) is 55.1 Å². The highest BCUT2D eigenvalue weighted by Crippen LogP contribution is 2.29. The van der Waals surface area contributed by atoms with E-state index in [2.05, 4.69) is 44.0 Å². The lowest BCUT2D eigenvalue weighted by atomic mass is 9.97. The molecule has 0 spiro atoms. The second-order valence-electron chi connectivity index (χ2n) is 7.19. The molecule has 6 nitrogen and oxygen atoms in total. The molecule has 0 amide bonds. The Kier molecular flexibility index (Phi) is 5.48. The summed E-state index contributed by atoms with van der Waals surface area (Å²) < 4.78 is 2.25. The Morgan fingerprint density at radius 3 is 2.96 bits per heavy atom. The highest BCUT2D eigenvalue weighted by atomic mass is 32.1. The fourth-order valence-electron chi connectivity index (χ4n) is 3.86. The summed E-state index contributed by atoms with van der Waals surface area (Å²) >= 11 is 1.64. The molecule has 4 heterocycles. The minimum atomic E-state index is 0.414. The highest BCUT2D eigenvalue weighted by molar-refractivity contribution is 7.07. The van der Waals surface area contributed by atoms with E-state index in [4.69, 9.17) is 9.97 Å². The van der Waals surface area contributed by atoms with Crippen LogP contribution in [0.5, 0.6) is 0 Å². The largest absolute Gasteiger partial charge is 0.356 e. The fourth-order valence-corrected chi connectivity index (χ4v) is 4.41. The number of anilines is 1. The van der Waals surface area contributed by atoms with E-state index in [0.717, 1.165) is 74.2 Å². The van der Waals surface area contributed by atoms with E-state index in [9.17, 15) is 0 Å².